The number of amides is 3. The molecule has 0 aliphatic heterocycles. The molecule has 1 aromatic carbocycles. The summed E-state index contributed by atoms with van der Waals surface area (Å²) in [4.78, 5) is 44.2. The minimum absolute atomic E-state index is 0.0707. The molecule has 1 aliphatic carbocycles. The smallest absolute Gasteiger partial charge is 0.318 e. The molecule has 174 valence electrons. The van der Waals surface area contributed by atoms with E-state index in [1.165, 1.54) is 28.0 Å². The van der Waals surface area contributed by atoms with E-state index >= 15 is 0 Å². The van der Waals surface area contributed by atoms with Crippen LogP contribution in [-0.4, -0.2) is 26.7 Å². The van der Waals surface area contributed by atoms with Crippen molar-refractivity contribution < 1.29 is 14.0 Å². The van der Waals surface area contributed by atoms with Gasteiger partial charge in [-0.25, -0.2) is 14.2 Å². The van der Waals surface area contributed by atoms with Crippen molar-refractivity contribution in [1.29, 1.82) is 0 Å². The van der Waals surface area contributed by atoms with Gasteiger partial charge in [0.15, 0.2) is 5.16 Å². The van der Waals surface area contributed by atoms with E-state index in [4.69, 9.17) is 10.7 Å². The number of hydrogen-bond donors (Lipinski definition) is 2. The standard InChI is InChI=1S/C23H25FN4O3S2/c1-11(2)18(19(29)26-22(25)31)33-23-27-20-17(13-9-8-12(3)10-16(13)32-20)21(30)28(23)15-7-5-4-6-14(15)24/h4-7,11-12,18H,8-10H2,1-3H3,(H3,25,26,29,31)/t12-,18+/m0/s1. The molecule has 1 aliphatic rings. The zero-order valence-corrected chi connectivity index (χ0v) is 20.2. The molecule has 3 aromatic rings. The van der Waals surface area contributed by atoms with Crippen LogP contribution in [-0.2, 0) is 17.6 Å². The first-order valence-corrected chi connectivity index (χ1v) is 12.5. The van der Waals surface area contributed by atoms with Crippen molar-refractivity contribution in [2.75, 3.05) is 0 Å². The van der Waals surface area contributed by atoms with E-state index in [0.717, 1.165) is 41.5 Å². The first-order chi connectivity index (χ1) is 15.7. The Bertz CT molecular complexity index is 1300. The van der Waals surface area contributed by atoms with Crippen molar-refractivity contribution in [2.24, 2.45) is 17.6 Å². The third kappa shape index (κ3) is 4.54. The van der Waals surface area contributed by atoms with Gasteiger partial charge < -0.3 is 5.73 Å². The Morgan fingerprint density at radius 1 is 1.33 bits per heavy atom. The molecule has 0 radical (unpaired) electrons. The summed E-state index contributed by atoms with van der Waals surface area (Å²) < 4.78 is 16.1. The van der Waals surface area contributed by atoms with E-state index in [0.29, 0.717) is 16.1 Å². The molecule has 0 unspecified atom stereocenters. The van der Waals surface area contributed by atoms with Gasteiger partial charge in [-0.15, -0.1) is 11.3 Å². The van der Waals surface area contributed by atoms with Crippen LogP contribution < -0.4 is 16.6 Å². The number of imide groups is 1. The van der Waals surface area contributed by atoms with E-state index in [1.807, 2.05) is 13.8 Å². The van der Waals surface area contributed by atoms with Crippen molar-refractivity contribution >= 4 is 45.3 Å². The van der Waals surface area contributed by atoms with Gasteiger partial charge in [0.25, 0.3) is 5.56 Å². The minimum Gasteiger partial charge on any atom is -0.351 e. The van der Waals surface area contributed by atoms with E-state index in [2.05, 4.69) is 12.2 Å². The Labute approximate surface area is 198 Å². The van der Waals surface area contributed by atoms with Crippen LogP contribution in [0.1, 0.15) is 37.6 Å². The van der Waals surface area contributed by atoms with Crippen molar-refractivity contribution in [1.82, 2.24) is 14.9 Å². The number of thioether (sulfide) groups is 1. The number of rotatable bonds is 5. The van der Waals surface area contributed by atoms with Crippen LogP contribution in [0.25, 0.3) is 15.9 Å². The van der Waals surface area contributed by atoms with Gasteiger partial charge in [0.2, 0.25) is 5.91 Å². The number of fused-ring (bicyclic) bond motifs is 3. The zero-order valence-electron chi connectivity index (χ0n) is 18.6. The number of nitrogens with one attached hydrogen (secondary N) is 1. The summed E-state index contributed by atoms with van der Waals surface area (Å²) in [5, 5.41) is 2.06. The van der Waals surface area contributed by atoms with Crippen LogP contribution in [0.4, 0.5) is 9.18 Å². The topological polar surface area (TPSA) is 107 Å². The summed E-state index contributed by atoms with van der Waals surface area (Å²) in [5.41, 5.74) is 5.85. The lowest BCUT2D eigenvalue weighted by atomic mass is 9.89. The van der Waals surface area contributed by atoms with E-state index in [1.54, 1.807) is 12.1 Å². The fourth-order valence-electron chi connectivity index (χ4n) is 4.09. The fourth-order valence-corrected chi connectivity index (χ4v) is 6.62. The molecule has 10 heteroatoms. The van der Waals surface area contributed by atoms with Gasteiger partial charge in [-0.3, -0.25) is 19.5 Å². The van der Waals surface area contributed by atoms with Gasteiger partial charge in [0, 0.05) is 4.88 Å². The second kappa shape index (κ2) is 9.26. The third-order valence-electron chi connectivity index (χ3n) is 5.73. The molecular weight excluding hydrogens is 463 g/mol. The van der Waals surface area contributed by atoms with Crippen LogP contribution in [0.3, 0.4) is 0 Å². The van der Waals surface area contributed by atoms with Gasteiger partial charge in [0.05, 0.1) is 16.3 Å². The summed E-state index contributed by atoms with van der Waals surface area (Å²) in [6.45, 7) is 5.81. The maximum absolute atomic E-state index is 14.8. The lowest BCUT2D eigenvalue weighted by molar-refractivity contribution is -0.120. The van der Waals surface area contributed by atoms with Crippen LogP contribution in [0.15, 0.2) is 34.2 Å². The van der Waals surface area contributed by atoms with Crippen LogP contribution >= 0.6 is 23.1 Å². The van der Waals surface area contributed by atoms with Crippen molar-refractivity contribution in [3.05, 3.63) is 50.9 Å². The molecule has 0 spiro atoms. The number of carbonyl (C=O) groups excluding carboxylic acids is 2. The predicted molar refractivity (Wildman–Crippen MR) is 129 cm³/mol. The Morgan fingerprint density at radius 2 is 2.06 bits per heavy atom. The predicted octanol–water partition coefficient (Wildman–Crippen LogP) is 4.02. The second-order valence-electron chi connectivity index (χ2n) is 8.65. The number of nitrogens with two attached hydrogens (primary N) is 1. The fraction of sp³-hybridized carbons (Fsp3) is 0.391. The molecule has 33 heavy (non-hydrogen) atoms. The molecule has 0 fully saturated rings. The summed E-state index contributed by atoms with van der Waals surface area (Å²) in [7, 11) is 0. The highest BCUT2D eigenvalue weighted by Gasteiger charge is 2.30. The largest absolute Gasteiger partial charge is 0.351 e. The highest BCUT2D eigenvalue weighted by Crippen LogP contribution is 2.38. The SMILES string of the molecule is CC(C)[C@@H](Sc1nc2sc3c(c2c(=O)n1-c1ccccc1F)CC[C@H](C)C3)C(=O)NC(N)=O. The average Bonchev–Trinajstić information content (AvgIpc) is 3.09. The number of thiophene rings is 1. The molecule has 4 rings (SSSR count). The highest BCUT2D eigenvalue weighted by molar-refractivity contribution is 8.00. The van der Waals surface area contributed by atoms with Gasteiger partial charge in [-0.1, -0.05) is 44.7 Å². The summed E-state index contributed by atoms with van der Waals surface area (Å²) in [5.74, 6) is -0.844. The van der Waals surface area contributed by atoms with Gasteiger partial charge in [-0.2, -0.15) is 0 Å². The van der Waals surface area contributed by atoms with E-state index < -0.39 is 23.0 Å². The van der Waals surface area contributed by atoms with Crippen molar-refractivity contribution in [3.8, 4) is 5.69 Å². The molecule has 3 amide bonds. The molecule has 2 atom stereocenters. The summed E-state index contributed by atoms with van der Waals surface area (Å²) >= 11 is 2.51. The summed E-state index contributed by atoms with van der Waals surface area (Å²) in [6, 6.07) is 5.04. The lowest BCUT2D eigenvalue weighted by Crippen LogP contribution is -2.42. The number of hydrogen-bond acceptors (Lipinski definition) is 6. The maximum Gasteiger partial charge on any atom is 0.318 e. The molecule has 2 aromatic heterocycles. The van der Waals surface area contributed by atoms with Crippen LogP contribution in [0, 0.1) is 17.7 Å². The number of halogens is 1. The van der Waals surface area contributed by atoms with E-state index in [-0.39, 0.29) is 22.3 Å². The highest BCUT2D eigenvalue weighted by atomic mass is 32.2. The average molecular weight is 489 g/mol. The molecule has 0 saturated heterocycles. The lowest BCUT2D eigenvalue weighted by Gasteiger charge is -2.21. The van der Waals surface area contributed by atoms with Crippen molar-refractivity contribution in [3.63, 3.8) is 0 Å². The van der Waals surface area contributed by atoms with E-state index in [9.17, 15) is 18.8 Å². The second-order valence-corrected chi connectivity index (χ2v) is 10.8. The minimum atomic E-state index is -0.957. The van der Waals surface area contributed by atoms with Gasteiger partial charge >= 0.3 is 6.03 Å². The Kier molecular flexibility index (Phi) is 6.58. The number of urea groups is 1. The molecule has 2 heterocycles. The number of aryl methyl sites for hydroxylation is 1. The molecule has 3 N–H and O–H groups in total. The monoisotopic (exact) mass is 488 g/mol. The van der Waals surface area contributed by atoms with Crippen LogP contribution in [0.2, 0.25) is 0 Å². The molecule has 0 saturated carbocycles. The maximum atomic E-state index is 14.8. The number of aromatic nitrogens is 2. The molecule has 7 nitrogen and oxygen atoms in total. The molecular formula is C23H25FN4O3S2. The quantitative estimate of drug-likeness (QED) is 0.417. The first kappa shape index (κ1) is 23.4. The zero-order chi connectivity index (χ0) is 23.9. The summed E-state index contributed by atoms with van der Waals surface area (Å²) in [6.07, 6.45) is 2.65. The Morgan fingerprint density at radius 3 is 2.73 bits per heavy atom. The number of benzene rings is 1. The van der Waals surface area contributed by atoms with Gasteiger partial charge in [0.1, 0.15) is 10.6 Å². The normalized spacial score (nSPS) is 16.6. The number of nitrogens with zero attached hydrogens (tertiary/aromatic N) is 2. The van der Waals surface area contributed by atoms with Crippen LogP contribution in [0.5, 0.6) is 0 Å². The Balaban J connectivity index is 1.93. The number of para-hydroxylation sites is 1. The van der Waals surface area contributed by atoms with Gasteiger partial charge in [-0.05, 0) is 48.8 Å². The Hall–Kier alpha value is -2.72. The molecule has 0 bridgehead atoms. The first-order valence-electron chi connectivity index (χ1n) is 10.8. The number of primary amides is 1. The number of carbonyl (C=O) groups is 2. The third-order valence-corrected chi connectivity index (χ3v) is 8.38. The van der Waals surface area contributed by atoms with Crippen molar-refractivity contribution in [2.45, 2.75) is 50.4 Å².